The van der Waals surface area contributed by atoms with E-state index in [2.05, 4.69) is 15.5 Å². The molecule has 0 atom stereocenters. The fraction of sp³-hybridized carbons (Fsp3) is 0.185. The summed E-state index contributed by atoms with van der Waals surface area (Å²) in [6.45, 7) is 3.65. The van der Waals surface area contributed by atoms with Gasteiger partial charge in [0.1, 0.15) is 5.82 Å². The van der Waals surface area contributed by atoms with Gasteiger partial charge < -0.3 is 19.9 Å². The lowest BCUT2D eigenvalue weighted by Gasteiger charge is -2.10. The Kier molecular flexibility index (Phi) is 8.75. The van der Waals surface area contributed by atoms with Crippen molar-refractivity contribution in [1.82, 2.24) is 10.2 Å². The third kappa shape index (κ3) is 7.18. The SMILES string of the molecule is CCOc1cc(CC(=O)O)ccc1Oc1nnc(S(=O)(=O)Cc2ccc(C(=O)Nc3ccc(F)c(C)c3)cc2)s1. The molecule has 0 bridgehead atoms. The zero-order valence-electron chi connectivity index (χ0n) is 21.4. The summed E-state index contributed by atoms with van der Waals surface area (Å²) in [7, 11) is -3.88. The van der Waals surface area contributed by atoms with Crippen LogP contribution in [0.1, 0.15) is 34.0 Å². The van der Waals surface area contributed by atoms with Crippen LogP contribution >= 0.6 is 11.3 Å². The number of carbonyl (C=O) groups is 2. The predicted molar refractivity (Wildman–Crippen MR) is 145 cm³/mol. The van der Waals surface area contributed by atoms with Crippen molar-refractivity contribution in [3.05, 3.63) is 88.7 Å². The van der Waals surface area contributed by atoms with Crippen molar-refractivity contribution in [1.29, 1.82) is 0 Å². The number of anilines is 1. The van der Waals surface area contributed by atoms with E-state index >= 15 is 0 Å². The molecule has 0 saturated heterocycles. The average Bonchev–Trinajstić information content (AvgIpc) is 3.37. The topological polar surface area (TPSA) is 145 Å². The van der Waals surface area contributed by atoms with Gasteiger partial charge in [-0.15, -0.1) is 5.10 Å². The van der Waals surface area contributed by atoms with Gasteiger partial charge >= 0.3 is 11.2 Å². The van der Waals surface area contributed by atoms with Gasteiger partial charge in [0.15, 0.2) is 11.5 Å². The van der Waals surface area contributed by atoms with Crippen LogP contribution in [0.15, 0.2) is 65.0 Å². The number of halogens is 1. The lowest BCUT2D eigenvalue weighted by Crippen LogP contribution is -2.12. The second-order valence-electron chi connectivity index (χ2n) is 8.59. The number of aryl methyl sites for hydroxylation is 1. The van der Waals surface area contributed by atoms with Crippen LogP contribution in [-0.4, -0.2) is 42.2 Å². The molecule has 0 radical (unpaired) electrons. The van der Waals surface area contributed by atoms with Gasteiger partial charge in [-0.3, -0.25) is 9.59 Å². The van der Waals surface area contributed by atoms with E-state index < -0.39 is 21.7 Å². The van der Waals surface area contributed by atoms with Crippen LogP contribution in [0.3, 0.4) is 0 Å². The largest absolute Gasteiger partial charge is 0.490 e. The molecule has 1 amide bonds. The summed E-state index contributed by atoms with van der Waals surface area (Å²) in [4.78, 5) is 23.5. The highest BCUT2D eigenvalue weighted by molar-refractivity contribution is 7.92. The molecule has 1 heterocycles. The molecule has 0 saturated carbocycles. The van der Waals surface area contributed by atoms with E-state index in [9.17, 15) is 22.4 Å². The van der Waals surface area contributed by atoms with Crippen LogP contribution in [0.4, 0.5) is 10.1 Å². The smallest absolute Gasteiger partial charge is 0.307 e. The molecule has 0 aliphatic carbocycles. The maximum atomic E-state index is 13.5. The third-order valence-corrected chi connectivity index (χ3v) is 8.44. The van der Waals surface area contributed by atoms with Crippen LogP contribution in [0.5, 0.6) is 16.7 Å². The molecule has 3 aromatic carbocycles. The van der Waals surface area contributed by atoms with E-state index in [1.165, 1.54) is 54.6 Å². The van der Waals surface area contributed by atoms with Crippen molar-refractivity contribution in [2.24, 2.45) is 0 Å². The first kappa shape index (κ1) is 28.6. The lowest BCUT2D eigenvalue weighted by atomic mass is 10.1. The number of sulfone groups is 1. The van der Waals surface area contributed by atoms with Crippen molar-refractivity contribution in [3.8, 4) is 16.7 Å². The average molecular weight is 586 g/mol. The van der Waals surface area contributed by atoms with Gasteiger partial charge in [-0.1, -0.05) is 23.3 Å². The molecule has 2 N–H and O–H groups in total. The maximum Gasteiger partial charge on any atom is 0.307 e. The van der Waals surface area contributed by atoms with Gasteiger partial charge in [-0.2, -0.15) is 0 Å². The van der Waals surface area contributed by atoms with Gasteiger partial charge in [-0.05, 0) is 84.3 Å². The van der Waals surface area contributed by atoms with Crippen molar-refractivity contribution in [2.75, 3.05) is 11.9 Å². The second kappa shape index (κ2) is 12.2. The summed E-state index contributed by atoms with van der Waals surface area (Å²) in [5.41, 5.74) is 2.08. The van der Waals surface area contributed by atoms with Crippen molar-refractivity contribution < 1.29 is 37.0 Å². The number of aromatic nitrogens is 2. The number of nitrogens with zero attached hydrogens (tertiary/aromatic N) is 2. The quantitative estimate of drug-likeness (QED) is 0.248. The van der Waals surface area contributed by atoms with E-state index in [1.54, 1.807) is 19.9 Å². The monoisotopic (exact) mass is 585 g/mol. The highest BCUT2D eigenvalue weighted by atomic mass is 32.2. The Labute approximate surface area is 233 Å². The number of hydrogen-bond acceptors (Lipinski definition) is 9. The number of hydrogen-bond donors (Lipinski definition) is 2. The van der Waals surface area contributed by atoms with Gasteiger partial charge in [0.25, 0.3) is 5.91 Å². The molecular weight excluding hydrogens is 561 g/mol. The number of amides is 1. The summed E-state index contributed by atoms with van der Waals surface area (Å²) in [6.07, 6.45) is -0.193. The standard InChI is InChI=1S/C27H24FN3O7S2/c1-3-37-23-13-18(14-24(32)33)6-11-22(23)38-26-30-31-27(39-26)40(35,36)15-17-4-7-19(8-5-17)25(34)29-20-9-10-21(28)16(2)12-20/h4-13H,3,14-15H2,1-2H3,(H,29,34)(H,32,33). The summed E-state index contributed by atoms with van der Waals surface area (Å²) in [6, 6.07) is 14.9. The van der Waals surface area contributed by atoms with E-state index in [-0.39, 0.29) is 33.3 Å². The molecule has 0 aliphatic heterocycles. The van der Waals surface area contributed by atoms with E-state index in [0.717, 1.165) is 11.3 Å². The number of aliphatic carboxylic acids is 1. The Morgan fingerprint density at radius 3 is 2.40 bits per heavy atom. The van der Waals surface area contributed by atoms with E-state index in [1.807, 2.05) is 0 Å². The third-order valence-electron chi connectivity index (χ3n) is 5.50. The van der Waals surface area contributed by atoms with Gasteiger partial charge in [-0.25, -0.2) is 12.8 Å². The van der Waals surface area contributed by atoms with Crippen LogP contribution in [-0.2, 0) is 26.8 Å². The van der Waals surface area contributed by atoms with Crippen molar-refractivity contribution in [3.63, 3.8) is 0 Å². The molecule has 208 valence electrons. The van der Waals surface area contributed by atoms with E-state index in [4.69, 9.17) is 14.6 Å². The summed E-state index contributed by atoms with van der Waals surface area (Å²) >= 11 is 0.734. The minimum Gasteiger partial charge on any atom is -0.490 e. The molecule has 0 aliphatic rings. The van der Waals surface area contributed by atoms with Crippen LogP contribution < -0.4 is 14.8 Å². The second-order valence-corrected chi connectivity index (χ2v) is 11.7. The van der Waals surface area contributed by atoms with Gasteiger partial charge in [0, 0.05) is 11.3 Å². The molecule has 1 aromatic heterocycles. The molecule has 4 rings (SSSR count). The van der Waals surface area contributed by atoms with Gasteiger partial charge in [0.2, 0.25) is 14.2 Å². The minimum absolute atomic E-state index is 0.0337. The highest BCUT2D eigenvalue weighted by Crippen LogP contribution is 2.35. The maximum absolute atomic E-state index is 13.5. The Hall–Kier alpha value is -4.36. The van der Waals surface area contributed by atoms with Crippen LogP contribution in [0, 0.1) is 12.7 Å². The number of carboxylic acids is 1. The molecule has 0 spiro atoms. The van der Waals surface area contributed by atoms with Gasteiger partial charge in [0.05, 0.1) is 18.8 Å². The fourth-order valence-corrected chi connectivity index (χ4v) is 5.87. The lowest BCUT2D eigenvalue weighted by molar-refractivity contribution is -0.136. The summed E-state index contributed by atoms with van der Waals surface area (Å²) < 4.78 is 50.4. The Morgan fingerprint density at radius 2 is 1.73 bits per heavy atom. The Morgan fingerprint density at radius 1 is 1.00 bits per heavy atom. The molecule has 0 fully saturated rings. The zero-order chi connectivity index (χ0) is 28.9. The van der Waals surface area contributed by atoms with Crippen molar-refractivity contribution >= 4 is 38.7 Å². The Balaban J connectivity index is 1.43. The zero-order valence-corrected chi connectivity index (χ0v) is 23.0. The number of rotatable bonds is 11. The minimum atomic E-state index is -3.88. The normalized spacial score (nSPS) is 11.2. The van der Waals surface area contributed by atoms with Crippen LogP contribution in [0.2, 0.25) is 0 Å². The molecule has 4 aromatic rings. The predicted octanol–water partition coefficient (Wildman–Crippen LogP) is 5.03. The van der Waals surface area contributed by atoms with E-state index in [0.29, 0.717) is 40.3 Å². The fourth-order valence-electron chi connectivity index (χ4n) is 3.61. The molecular formula is C27H24FN3O7S2. The van der Waals surface area contributed by atoms with Crippen LogP contribution in [0.25, 0.3) is 0 Å². The van der Waals surface area contributed by atoms with Crippen molar-refractivity contribution in [2.45, 2.75) is 30.4 Å². The molecule has 10 nitrogen and oxygen atoms in total. The summed E-state index contributed by atoms with van der Waals surface area (Å²) in [5, 5.41) is 19.2. The number of carboxylic acid groups (broad SMARTS) is 1. The molecule has 40 heavy (non-hydrogen) atoms. The highest BCUT2D eigenvalue weighted by Gasteiger charge is 2.23. The first-order chi connectivity index (χ1) is 19.0. The number of benzene rings is 3. The summed E-state index contributed by atoms with van der Waals surface area (Å²) in [5.74, 6) is -1.64. The number of carbonyl (C=O) groups excluding carboxylic acids is 1. The first-order valence-corrected chi connectivity index (χ1v) is 14.4. The molecule has 13 heteroatoms. The first-order valence-electron chi connectivity index (χ1n) is 11.9. The Bertz CT molecular complexity index is 1660. The number of ether oxygens (including phenoxy) is 2. The number of nitrogens with one attached hydrogen (secondary N) is 1. The molecule has 0 unspecified atom stereocenters.